The number of hydrogen-bond donors (Lipinski definition) is 1. The Balaban J connectivity index is 0.000000442. The summed E-state index contributed by atoms with van der Waals surface area (Å²) in [5, 5.41) is 0. The van der Waals surface area contributed by atoms with Crippen LogP contribution in [-0.4, -0.2) is 7.05 Å². The predicted octanol–water partition coefficient (Wildman–Crippen LogP) is 3.73. The highest BCUT2D eigenvalue weighted by atomic mass is 14.4. The lowest BCUT2D eigenvalue weighted by Gasteiger charge is -2.04. The highest BCUT2D eigenvalue weighted by Gasteiger charge is 2.24. The van der Waals surface area contributed by atoms with Crippen LogP contribution in [-0.2, 0) is 6.42 Å². The molecule has 1 saturated carbocycles. The molecular formula is C14H25N. The summed E-state index contributed by atoms with van der Waals surface area (Å²) in [6.07, 6.45) is 4.01. The highest BCUT2D eigenvalue weighted by molar-refractivity contribution is 5.32. The lowest BCUT2D eigenvalue weighted by atomic mass is 10.0. The van der Waals surface area contributed by atoms with Crippen molar-refractivity contribution >= 4 is 0 Å². The molecule has 1 aliphatic rings. The van der Waals surface area contributed by atoms with Crippen LogP contribution >= 0.6 is 0 Å². The first-order valence-corrected chi connectivity index (χ1v) is 6.07. The van der Waals surface area contributed by atoms with Gasteiger partial charge in [-0.05, 0) is 43.4 Å². The van der Waals surface area contributed by atoms with Gasteiger partial charge in [0.1, 0.15) is 0 Å². The van der Waals surface area contributed by atoms with E-state index in [1.165, 1.54) is 26.3 Å². The Hall–Kier alpha value is -0.820. The minimum atomic E-state index is 0.908. The average molecular weight is 207 g/mol. The minimum absolute atomic E-state index is 0.908. The zero-order valence-electron chi connectivity index (χ0n) is 10.6. The minimum Gasteiger partial charge on any atom is -0.333 e. The van der Waals surface area contributed by atoms with Crippen LogP contribution in [0.3, 0.4) is 0 Å². The maximum atomic E-state index is 4.50. The second-order valence-electron chi connectivity index (χ2n) is 3.33. The third-order valence-corrected chi connectivity index (χ3v) is 2.45. The summed E-state index contributed by atoms with van der Waals surface area (Å²) in [4.78, 5) is 0. The van der Waals surface area contributed by atoms with Crippen molar-refractivity contribution in [1.82, 2.24) is 0 Å². The molecule has 0 unspecified atom stereocenters. The molecule has 15 heavy (non-hydrogen) atoms. The van der Waals surface area contributed by atoms with E-state index < -0.39 is 0 Å². The van der Waals surface area contributed by atoms with Crippen LogP contribution in [0.15, 0.2) is 24.3 Å². The molecule has 1 nitrogen and oxygen atoms in total. The molecule has 0 aromatic heterocycles. The summed E-state index contributed by atoms with van der Waals surface area (Å²) in [6.45, 7) is 6.24. The number of rotatable bonds is 2. The van der Waals surface area contributed by atoms with Crippen LogP contribution in [0.2, 0.25) is 0 Å². The normalized spacial score (nSPS) is 13.1. The molecule has 1 aromatic carbocycles. The van der Waals surface area contributed by atoms with Gasteiger partial charge < -0.3 is 5.73 Å². The van der Waals surface area contributed by atoms with Crippen molar-refractivity contribution in [3.8, 4) is 0 Å². The van der Waals surface area contributed by atoms with E-state index in [1.54, 1.807) is 11.1 Å². The average Bonchev–Trinajstić information content (AvgIpc) is 3.18. The number of benzene rings is 1. The van der Waals surface area contributed by atoms with Crippen molar-refractivity contribution < 1.29 is 0 Å². The van der Waals surface area contributed by atoms with Crippen LogP contribution in [0.4, 0.5) is 0 Å². The summed E-state index contributed by atoms with van der Waals surface area (Å²) >= 11 is 0. The van der Waals surface area contributed by atoms with Crippen LogP contribution < -0.4 is 5.73 Å². The van der Waals surface area contributed by atoms with Gasteiger partial charge in [0.15, 0.2) is 0 Å². The summed E-state index contributed by atoms with van der Waals surface area (Å²) < 4.78 is 0. The molecule has 2 N–H and O–H groups in total. The molecule has 0 atom stereocenters. The van der Waals surface area contributed by atoms with E-state index >= 15 is 0 Å². The van der Waals surface area contributed by atoms with Crippen molar-refractivity contribution in [2.45, 2.75) is 46.0 Å². The van der Waals surface area contributed by atoms with Gasteiger partial charge in [-0.3, -0.25) is 0 Å². The molecule has 0 heterocycles. The van der Waals surface area contributed by atoms with Crippen molar-refractivity contribution in [1.29, 1.82) is 0 Å². The summed E-state index contributed by atoms with van der Waals surface area (Å²) in [5.74, 6) is 0.908. The fraction of sp³-hybridized carbons (Fsp3) is 0.571. The number of hydrogen-bond acceptors (Lipinski definition) is 1. The quantitative estimate of drug-likeness (QED) is 0.785. The first-order valence-electron chi connectivity index (χ1n) is 6.07. The fourth-order valence-electron chi connectivity index (χ4n) is 1.65. The van der Waals surface area contributed by atoms with Gasteiger partial charge in [0.2, 0.25) is 0 Å². The smallest absolute Gasteiger partial charge is 0.0159 e. The first kappa shape index (κ1) is 14.2. The SMILES string of the molecule is CC.CCc1ccccc1C1CC1.CN. The van der Waals surface area contributed by atoms with Gasteiger partial charge >= 0.3 is 0 Å². The summed E-state index contributed by atoms with van der Waals surface area (Å²) in [7, 11) is 1.50. The Bertz CT molecular complexity index is 251. The summed E-state index contributed by atoms with van der Waals surface area (Å²) in [6, 6.07) is 8.85. The Morgan fingerprint density at radius 2 is 1.67 bits per heavy atom. The molecule has 1 fully saturated rings. The molecule has 0 amide bonds. The lowest BCUT2D eigenvalue weighted by molar-refractivity contribution is 1.03. The number of nitrogens with two attached hydrogens (primary N) is 1. The largest absolute Gasteiger partial charge is 0.333 e. The molecule has 86 valence electrons. The molecule has 1 aromatic rings. The standard InChI is InChI=1S/C11H14.C2H6.CH5N/c1-2-9-5-3-4-6-11(9)10-7-8-10;2*1-2/h3-6,10H,2,7-8H2,1H3;1-2H3;2H2,1H3. The first-order chi connectivity index (χ1) is 7.42. The van der Waals surface area contributed by atoms with Crippen LogP contribution in [0.1, 0.15) is 50.7 Å². The summed E-state index contributed by atoms with van der Waals surface area (Å²) in [5.41, 5.74) is 7.66. The highest BCUT2D eigenvalue weighted by Crippen LogP contribution is 2.41. The van der Waals surface area contributed by atoms with Crippen LogP contribution in [0.25, 0.3) is 0 Å². The molecule has 0 aliphatic heterocycles. The van der Waals surface area contributed by atoms with E-state index in [0.717, 1.165) is 5.92 Å². The molecule has 0 saturated heterocycles. The lowest BCUT2D eigenvalue weighted by Crippen LogP contribution is -1.88. The van der Waals surface area contributed by atoms with Crippen LogP contribution in [0.5, 0.6) is 0 Å². The van der Waals surface area contributed by atoms with Crippen LogP contribution in [0, 0.1) is 0 Å². The zero-order valence-corrected chi connectivity index (χ0v) is 10.6. The Morgan fingerprint density at radius 3 is 2.13 bits per heavy atom. The maximum Gasteiger partial charge on any atom is -0.0159 e. The fourth-order valence-corrected chi connectivity index (χ4v) is 1.65. The Labute approximate surface area is 94.7 Å². The third-order valence-electron chi connectivity index (χ3n) is 2.45. The van der Waals surface area contributed by atoms with Crippen molar-refractivity contribution in [3.05, 3.63) is 35.4 Å². The second kappa shape index (κ2) is 8.49. The van der Waals surface area contributed by atoms with Gasteiger partial charge in [0.25, 0.3) is 0 Å². The Morgan fingerprint density at radius 1 is 1.13 bits per heavy atom. The number of aryl methyl sites for hydroxylation is 1. The van der Waals surface area contributed by atoms with Crippen molar-refractivity contribution in [3.63, 3.8) is 0 Å². The molecule has 0 bridgehead atoms. The third kappa shape index (κ3) is 4.48. The maximum absolute atomic E-state index is 4.50. The van der Waals surface area contributed by atoms with Gasteiger partial charge in [0, 0.05) is 0 Å². The van der Waals surface area contributed by atoms with E-state index in [-0.39, 0.29) is 0 Å². The predicted molar refractivity (Wildman–Crippen MR) is 69.3 cm³/mol. The molecule has 1 aliphatic carbocycles. The topological polar surface area (TPSA) is 26.0 Å². The van der Waals surface area contributed by atoms with Gasteiger partial charge in [-0.1, -0.05) is 45.0 Å². The monoisotopic (exact) mass is 207 g/mol. The van der Waals surface area contributed by atoms with Crippen molar-refractivity contribution in [2.75, 3.05) is 7.05 Å². The molecule has 2 rings (SSSR count). The van der Waals surface area contributed by atoms with Crippen molar-refractivity contribution in [2.24, 2.45) is 5.73 Å². The zero-order chi connectivity index (χ0) is 11.7. The van der Waals surface area contributed by atoms with E-state index in [4.69, 9.17) is 0 Å². The molecule has 1 heteroatoms. The van der Waals surface area contributed by atoms with Gasteiger partial charge in [-0.15, -0.1) is 0 Å². The van der Waals surface area contributed by atoms with E-state index in [1.807, 2.05) is 13.8 Å². The van der Waals surface area contributed by atoms with E-state index in [0.29, 0.717) is 0 Å². The van der Waals surface area contributed by atoms with Gasteiger partial charge in [-0.25, -0.2) is 0 Å². The molecule has 0 spiro atoms. The molecule has 0 radical (unpaired) electrons. The Kier molecular flexibility index (Phi) is 8.02. The molecular weight excluding hydrogens is 182 g/mol. The second-order valence-corrected chi connectivity index (χ2v) is 3.33. The van der Waals surface area contributed by atoms with Gasteiger partial charge in [-0.2, -0.15) is 0 Å². The van der Waals surface area contributed by atoms with E-state index in [9.17, 15) is 0 Å². The van der Waals surface area contributed by atoms with E-state index in [2.05, 4.69) is 36.9 Å². The van der Waals surface area contributed by atoms with Gasteiger partial charge in [0.05, 0.1) is 0 Å².